The molecule has 1 fully saturated rings. The summed E-state index contributed by atoms with van der Waals surface area (Å²) in [7, 11) is 1.33. The predicted octanol–water partition coefficient (Wildman–Crippen LogP) is 2.48. The van der Waals surface area contributed by atoms with Gasteiger partial charge in [0, 0.05) is 12.6 Å². The van der Waals surface area contributed by atoms with Gasteiger partial charge < -0.3 is 14.4 Å². The Balaban J connectivity index is 2.83. The van der Waals surface area contributed by atoms with E-state index in [9.17, 15) is 9.59 Å². The number of nitrogens with zero attached hydrogens (tertiary/aromatic N) is 2. The molecule has 1 aliphatic rings. The number of esters is 1. The molecule has 1 aliphatic heterocycles. The monoisotopic (exact) mass is 296 g/mol. The van der Waals surface area contributed by atoms with E-state index in [-0.39, 0.29) is 24.5 Å². The first-order valence-electron chi connectivity index (χ1n) is 7.10. The molecule has 1 amide bonds. The Morgan fingerprint density at radius 3 is 2.48 bits per heavy atom. The summed E-state index contributed by atoms with van der Waals surface area (Å²) >= 11 is 0. The van der Waals surface area contributed by atoms with Crippen LogP contribution in [-0.4, -0.2) is 42.3 Å². The van der Waals surface area contributed by atoms with E-state index in [1.807, 2.05) is 27.7 Å². The minimum Gasteiger partial charge on any atom is -0.469 e. The lowest BCUT2D eigenvalue weighted by Crippen LogP contribution is -2.52. The molecule has 0 aromatic heterocycles. The number of hydrogen-bond acceptors (Lipinski definition) is 5. The molecule has 0 aromatic carbocycles. The van der Waals surface area contributed by atoms with Crippen molar-refractivity contribution in [3.63, 3.8) is 0 Å². The second kappa shape index (κ2) is 6.33. The second-order valence-corrected chi connectivity index (χ2v) is 6.58. The molecule has 1 saturated heterocycles. The molecular formula is C15H24N2O4. The molecule has 0 aliphatic carbocycles. The SMILES string of the molecule is COC(=O)C1(CC#N)CCN(C(=O)OC(C)(C)C)C(C)C1. The van der Waals surface area contributed by atoms with Crippen molar-refractivity contribution in [1.82, 2.24) is 4.90 Å². The smallest absolute Gasteiger partial charge is 0.410 e. The van der Waals surface area contributed by atoms with Gasteiger partial charge in [0.2, 0.25) is 0 Å². The third-order valence-electron chi connectivity index (χ3n) is 3.71. The van der Waals surface area contributed by atoms with E-state index in [1.165, 1.54) is 7.11 Å². The molecule has 118 valence electrons. The molecule has 0 N–H and O–H groups in total. The van der Waals surface area contributed by atoms with Gasteiger partial charge in [0.15, 0.2) is 0 Å². The normalized spacial score (nSPS) is 25.9. The van der Waals surface area contributed by atoms with Crippen molar-refractivity contribution < 1.29 is 19.1 Å². The quantitative estimate of drug-likeness (QED) is 0.731. The molecule has 1 heterocycles. The van der Waals surface area contributed by atoms with Crippen LogP contribution in [0.15, 0.2) is 0 Å². The Morgan fingerprint density at radius 2 is 2.05 bits per heavy atom. The number of carbonyl (C=O) groups excluding carboxylic acids is 2. The van der Waals surface area contributed by atoms with Crippen molar-refractivity contribution in [2.75, 3.05) is 13.7 Å². The van der Waals surface area contributed by atoms with Gasteiger partial charge in [-0.25, -0.2) is 4.79 Å². The maximum atomic E-state index is 12.2. The lowest BCUT2D eigenvalue weighted by Gasteiger charge is -2.42. The number of hydrogen-bond donors (Lipinski definition) is 0. The van der Waals surface area contributed by atoms with Gasteiger partial charge in [-0.3, -0.25) is 4.79 Å². The number of piperidine rings is 1. The van der Waals surface area contributed by atoms with Crippen LogP contribution in [0.4, 0.5) is 4.79 Å². The van der Waals surface area contributed by atoms with Crippen molar-refractivity contribution in [3.05, 3.63) is 0 Å². The van der Waals surface area contributed by atoms with E-state index >= 15 is 0 Å². The number of carbonyl (C=O) groups is 2. The molecule has 1 rings (SSSR count). The van der Waals surface area contributed by atoms with E-state index < -0.39 is 11.0 Å². The molecule has 0 saturated carbocycles. The number of ether oxygens (including phenoxy) is 2. The highest BCUT2D eigenvalue weighted by Crippen LogP contribution is 2.39. The Morgan fingerprint density at radius 1 is 1.43 bits per heavy atom. The van der Waals surface area contributed by atoms with Crippen molar-refractivity contribution in [2.45, 2.75) is 58.6 Å². The minimum absolute atomic E-state index is 0.103. The van der Waals surface area contributed by atoms with E-state index in [4.69, 9.17) is 14.7 Å². The molecule has 6 heteroatoms. The van der Waals surface area contributed by atoms with Crippen LogP contribution in [-0.2, 0) is 14.3 Å². The number of amides is 1. The Hall–Kier alpha value is -1.77. The topological polar surface area (TPSA) is 79.6 Å². The molecule has 6 nitrogen and oxygen atoms in total. The first-order valence-corrected chi connectivity index (χ1v) is 7.10. The van der Waals surface area contributed by atoms with Crippen molar-refractivity contribution >= 4 is 12.1 Å². The van der Waals surface area contributed by atoms with E-state index in [1.54, 1.807) is 4.90 Å². The fraction of sp³-hybridized carbons (Fsp3) is 0.800. The van der Waals surface area contributed by atoms with Gasteiger partial charge in [-0.1, -0.05) is 0 Å². The van der Waals surface area contributed by atoms with Crippen LogP contribution < -0.4 is 0 Å². The molecule has 2 atom stereocenters. The number of likely N-dealkylation sites (tertiary alicyclic amines) is 1. The van der Waals surface area contributed by atoms with E-state index in [0.717, 1.165) is 0 Å². The summed E-state index contributed by atoms with van der Waals surface area (Å²) < 4.78 is 10.2. The maximum absolute atomic E-state index is 12.2. The molecule has 0 aromatic rings. The van der Waals surface area contributed by atoms with Gasteiger partial charge in [-0.05, 0) is 40.5 Å². The fourth-order valence-corrected chi connectivity index (χ4v) is 2.71. The summed E-state index contributed by atoms with van der Waals surface area (Å²) in [6.07, 6.45) is 0.542. The number of methoxy groups -OCH3 is 1. The average molecular weight is 296 g/mol. The van der Waals surface area contributed by atoms with Gasteiger partial charge in [0.05, 0.1) is 25.0 Å². The van der Waals surface area contributed by atoms with Crippen LogP contribution >= 0.6 is 0 Å². The van der Waals surface area contributed by atoms with Crippen LogP contribution in [0.3, 0.4) is 0 Å². The zero-order valence-corrected chi connectivity index (χ0v) is 13.4. The highest BCUT2D eigenvalue weighted by molar-refractivity contribution is 5.78. The maximum Gasteiger partial charge on any atom is 0.410 e. The van der Waals surface area contributed by atoms with Gasteiger partial charge in [0.1, 0.15) is 5.60 Å². The number of rotatable bonds is 2. The summed E-state index contributed by atoms with van der Waals surface area (Å²) in [6, 6.07) is 1.88. The highest BCUT2D eigenvalue weighted by atomic mass is 16.6. The summed E-state index contributed by atoms with van der Waals surface area (Å²) in [6.45, 7) is 7.68. The van der Waals surface area contributed by atoms with Crippen molar-refractivity contribution in [2.24, 2.45) is 5.41 Å². The predicted molar refractivity (Wildman–Crippen MR) is 76.3 cm³/mol. The third kappa shape index (κ3) is 4.10. The first kappa shape index (κ1) is 17.3. The van der Waals surface area contributed by atoms with Crippen molar-refractivity contribution in [1.29, 1.82) is 5.26 Å². The van der Waals surface area contributed by atoms with E-state index in [2.05, 4.69) is 6.07 Å². The summed E-state index contributed by atoms with van der Waals surface area (Å²) in [5, 5.41) is 8.98. The molecular weight excluding hydrogens is 272 g/mol. The molecule has 0 bridgehead atoms. The van der Waals surface area contributed by atoms with Gasteiger partial charge >= 0.3 is 12.1 Å². The lowest BCUT2D eigenvalue weighted by molar-refractivity contribution is -0.156. The van der Waals surface area contributed by atoms with Crippen LogP contribution in [0.5, 0.6) is 0 Å². The van der Waals surface area contributed by atoms with Crippen molar-refractivity contribution in [3.8, 4) is 6.07 Å². The first-order chi connectivity index (χ1) is 9.65. The fourth-order valence-electron chi connectivity index (χ4n) is 2.71. The van der Waals surface area contributed by atoms with Crippen LogP contribution in [0, 0.1) is 16.7 Å². The summed E-state index contributed by atoms with van der Waals surface area (Å²) in [4.78, 5) is 25.8. The third-order valence-corrected chi connectivity index (χ3v) is 3.71. The Labute approximate surface area is 126 Å². The van der Waals surface area contributed by atoms with Gasteiger partial charge in [0.25, 0.3) is 0 Å². The summed E-state index contributed by atoms with van der Waals surface area (Å²) in [5.41, 5.74) is -1.37. The number of nitriles is 1. The van der Waals surface area contributed by atoms with Crippen LogP contribution in [0.1, 0.15) is 47.0 Å². The Bertz CT molecular complexity index is 450. The second-order valence-electron chi connectivity index (χ2n) is 6.58. The van der Waals surface area contributed by atoms with Crippen LogP contribution in [0.25, 0.3) is 0 Å². The van der Waals surface area contributed by atoms with Gasteiger partial charge in [-0.2, -0.15) is 5.26 Å². The zero-order valence-electron chi connectivity index (χ0n) is 13.4. The zero-order chi connectivity index (χ0) is 16.3. The highest BCUT2D eigenvalue weighted by Gasteiger charge is 2.46. The standard InChI is InChI=1S/C15H24N2O4/c1-11-10-15(6-8-16,12(18)20-5)7-9-17(11)13(19)21-14(2,3)4/h11H,6-7,9-10H2,1-5H3. The molecule has 2 unspecified atom stereocenters. The molecule has 0 spiro atoms. The van der Waals surface area contributed by atoms with Gasteiger partial charge in [-0.15, -0.1) is 0 Å². The lowest BCUT2D eigenvalue weighted by atomic mass is 9.73. The minimum atomic E-state index is -0.818. The molecule has 21 heavy (non-hydrogen) atoms. The van der Waals surface area contributed by atoms with Crippen LogP contribution in [0.2, 0.25) is 0 Å². The molecule has 0 radical (unpaired) electrons. The summed E-state index contributed by atoms with van der Waals surface area (Å²) in [5.74, 6) is -0.375. The largest absolute Gasteiger partial charge is 0.469 e. The Kier molecular flexibility index (Phi) is 5.21. The average Bonchev–Trinajstić information content (AvgIpc) is 2.35. The van der Waals surface area contributed by atoms with E-state index in [0.29, 0.717) is 19.4 Å².